The van der Waals surface area contributed by atoms with Crippen LogP contribution in [-0.2, 0) is 22.4 Å². The van der Waals surface area contributed by atoms with Gasteiger partial charge in [-0.05, 0) is 54.9 Å². The number of amides is 1. The highest BCUT2D eigenvalue weighted by atomic mass is 16.5. The average Bonchev–Trinajstić information content (AvgIpc) is 2.43. The lowest BCUT2D eigenvalue weighted by Gasteiger charge is -2.44. The average molecular weight is 287 g/mol. The second-order valence-corrected chi connectivity index (χ2v) is 6.11. The van der Waals surface area contributed by atoms with Gasteiger partial charge in [-0.15, -0.1) is 0 Å². The summed E-state index contributed by atoms with van der Waals surface area (Å²) in [7, 11) is 0. The molecule has 0 saturated carbocycles. The van der Waals surface area contributed by atoms with Crippen LogP contribution in [0.5, 0.6) is 5.75 Å². The second kappa shape index (κ2) is 5.51. The quantitative estimate of drug-likeness (QED) is 0.588. The van der Waals surface area contributed by atoms with Gasteiger partial charge in [0.2, 0.25) is 5.91 Å². The number of fused-ring (bicyclic) bond motifs is 2. The number of benzene rings is 1. The van der Waals surface area contributed by atoms with Crippen molar-refractivity contribution in [2.24, 2.45) is 5.92 Å². The van der Waals surface area contributed by atoms with Gasteiger partial charge in [0.05, 0.1) is 0 Å². The molecular formula is C17H21NO3. The number of likely N-dealkylation sites (tertiary alicyclic amines) is 1. The van der Waals surface area contributed by atoms with Crippen LogP contribution in [0.4, 0.5) is 0 Å². The number of rotatable bonds is 1. The van der Waals surface area contributed by atoms with Crippen LogP contribution in [0.1, 0.15) is 37.8 Å². The van der Waals surface area contributed by atoms with E-state index in [-0.39, 0.29) is 11.9 Å². The third-order valence-corrected chi connectivity index (χ3v) is 4.67. The molecule has 0 spiro atoms. The predicted molar refractivity (Wildman–Crippen MR) is 79.1 cm³/mol. The number of ether oxygens (including phenoxy) is 1. The highest BCUT2D eigenvalue weighted by Gasteiger charge is 2.36. The third kappa shape index (κ3) is 2.80. The zero-order chi connectivity index (χ0) is 15.0. The van der Waals surface area contributed by atoms with Gasteiger partial charge in [-0.25, -0.2) is 0 Å². The predicted octanol–water partition coefficient (Wildman–Crippen LogP) is 2.34. The summed E-state index contributed by atoms with van der Waals surface area (Å²) >= 11 is 0. The number of hydrogen-bond acceptors (Lipinski definition) is 3. The molecule has 1 aromatic rings. The first-order chi connectivity index (χ1) is 10.0. The first kappa shape index (κ1) is 14.1. The Morgan fingerprint density at radius 3 is 2.71 bits per heavy atom. The standard InChI is InChI=1S/C17H21NO3/c1-11(19)18-7-3-4-14-8-15-9-16(21-12(2)20)6-5-13(15)10-17(14)18/h5-6,9,14,17H,3-4,7-8,10H2,1-2H3. The maximum atomic E-state index is 11.8. The lowest BCUT2D eigenvalue weighted by atomic mass is 9.75. The first-order valence-corrected chi connectivity index (χ1v) is 7.62. The molecule has 0 N–H and O–H groups in total. The Morgan fingerprint density at radius 1 is 1.19 bits per heavy atom. The molecule has 1 aliphatic carbocycles. The minimum absolute atomic E-state index is 0.185. The van der Waals surface area contributed by atoms with Crippen molar-refractivity contribution in [3.8, 4) is 5.75 Å². The molecule has 4 heteroatoms. The summed E-state index contributed by atoms with van der Waals surface area (Å²) in [5.41, 5.74) is 2.54. The van der Waals surface area contributed by atoms with E-state index in [1.807, 2.05) is 23.1 Å². The summed E-state index contributed by atoms with van der Waals surface area (Å²) in [5.74, 6) is 1.05. The van der Waals surface area contributed by atoms with Crippen LogP contribution in [0.15, 0.2) is 18.2 Å². The topological polar surface area (TPSA) is 46.6 Å². The smallest absolute Gasteiger partial charge is 0.308 e. The second-order valence-electron chi connectivity index (χ2n) is 6.11. The lowest BCUT2D eigenvalue weighted by molar-refractivity contribution is -0.134. The molecule has 1 aromatic carbocycles. The molecule has 0 aromatic heterocycles. The van der Waals surface area contributed by atoms with Crippen molar-refractivity contribution in [3.05, 3.63) is 29.3 Å². The summed E-state index contributed by atoms with van der Waals surface area (Å²) < 4.78 is 5.17. The Morgan fingerprint density at radius 2 is 2.00 bits per heavy atom. The zero-order valence-corrected chi connectivity index (χ0v) is 12.6. The van der Waals surface area contributed by atoms with Crippen LogP contribution in [0.25, 0.3) is 0 Å². The fourth-order valence-electron chi connectivity index (χ4n) is 3.77. The van der Waals surface area contributed by atoms with E-state index in [0.29, 0.717) is 17.7 Å². The van der Waals surface area contributed by atoms with E-state index in [4.69, 9.17) is 4.74 Å². The molecule has 3 rings (SSSR count). The molecule has 2 unspecified atom stereocenters. The maximum absolute atomic E-state index is 11.8. The Balaban J connectivity index is 1.86. The number of carbonyl (C=O) groups excluding carboxylic acids is 2. The van der Waals surface area contributed by atoms with Gasteiger partial charge < -0.3 is 9.64 Å². The number of carbonyl (C=O) groups is 2. The minimum atomic E-state index is -0.288. The molecule has 1 heterocycles. The Hall–Kier alpha value is -1.84. The first-order valence-electron chi connectivity index (χ1n) is 7.62. The van der Waals surface area contributed by atoms with E-state index >= 15 is 0 Å². The molecular weight excluding hydrogens is 266 g/mol. The fraction of sp³-hybridized carbons (Fsp3) is 0.529. The normalized spacial score (nSPS) is 24.0. The Labute approximate surface area is 125 Å². The molecule has 4 nitrogen and oxygen atoms in total. The molecule has 2 atom stereocenters. The van der Waals surface area contributed by atoms with E-state index in [1.165, 1.54) is 24.5 Å². The van der Waals surface area contributed by atoms with Crippen LogP contribution in [0.2, 0.25) is 0 Å². The summed E-state index contributed by atoms with van der Waals surface area (Å²) in [6.45, 7) is 3.97. The van der Waals surface area contributed by atoms with Crippen LogP contribution in [-0.4, -0.2) is 29.4 Å². The van der Waals surface area contributed by atoms with Gasteiger partial charge in [0.1, 0.15) is 5.75 Å². The van der Waals surface area contributed by atoms with E-state index in [9.17, 15) is 9.59 Å². The van der Waals surface area contributed by atoms with Crippen LogP contribution >= 0.6 is 0 Å². The van der Waals surface area contributed by atoms with Crippen molar-refractivity contribution in [1.29, 1.82) is 0 Å². The molecule has 112 valence electrons. The monoisotopic (exact) mass is 287 g/mol. The maximum Gasteiger partial charge on any atom is 0.308 e. The number of hydrogen-bond donors (Lipinski definition) is 0. The van der Waals surface area contributed by atoms with Gasteiger partial charge in [0, 0.05) is 26.4 Å². The molecule has 1 aliphatic heterocycles. The van der Waals surface area contributed by atoms with Gasteiger partial charge >= 0.3 is 5.97 Å². The zero-order valence-electron chi connectivity index (χ0n) is 12.6. The van der Waals surface area contributed by atoms with Crippen molar-refractivity contribution < 1.29 is 14.3 Å². The van der Waals surface area contributed by atoms with Gasteiger partial charge in [-0.2, -0.15) is 0 Å². The van der Waals surface area contributed by atoms with Crippen molar-refractivity contribution in [2.45, 2.75) is 45.6 Å². The number of esters is 1. The molecule has 1 saturated heterocycles. The summed E-state index contributed by atoms with van der Waals surface area (Å²) in [5, 5.41) is 0. The highest BCUT2D eigenvalue weighted by Crippen LogP contribution is 2.36. The van der Waals surface area contributed by atoms with Crippen LogP contribution in [0, 0.1) is 5.92 Å². The largest absolute Gasteiger partial charge is 0.427 e. The van der Waals surface area contributed by atoms with Gasteiger partial charge in [-0.1, -0.05) is 6.07 Å². The van der Waals surface area contributed by atoms with Crippen molar-refractivity contribution in [3.63, 3.8) is 0 Å². The molecule has 21 heavy (non-hydrogen) atoms. The summed E-state index contributed by atoms with van der Waals surface area (Å²) in [6, 6.07) is 6.21. The Bertz CT molecular complexity index is 581. The summed E-state index contributed by atoms with van der Waals surface area (Å²) in [6.07, 6.45) is 4.14. The molecule has 0 bridgehead atoms. The number of piperidine rings is 1. The minimum Gasteiger partial charge on any atom is -0.427 e. The van der Waals surface area contributed by atoms with E-state index in [0.717, 1.165) is 25.8 Å². The van der Waals surface area contributed by atoms with E-state index < -0.39 is 0 Å². The lowest BCUT2D eigenvalue weighted by Crippen LogP contribution is -2.51. The van der Waals surface area contributed by atoms with Gasteiger partial charge in [0.15, 0.2) is 0 Å². The highest BCUT2D eigenvalue weighted by molar-refractivity contribution is 5.74. The van der Waals surface area contributed by atoms with Crippen LogP contribution in [0.3, 0.4) is 0 Å². The summed E-state index contributed by atoms with van der Waals surface area (Å²) in [4.78, 5) is 24.9. The molecule has 0 radical (unpaired) electrons. The van der Waals surface area contributed by atoms with E-state index in [2.05, 4.69) is 0 Å². The third-order valence-electron chi connectivity index (χ3n) is 4.67. The Kier molecular flexibility index (Phi) is 3.70. The van der Waals surface area contributed by atoms with Crippen molar-refractivity contribution >= 4 is 11.9 Å². The molecule has 1 fully saturated rings. The molecule has 2 aliphatic rings. The van der Waals surface area contributed by atoms with E-state index in [1.54, 1.807) is 6.92 Å². The molecule has 1 amide bonds. The van der Waals surface area contributed by atoms with Crippen molar-refractivity contribution in [1.82, 2.24) is 4.90 Å². The van der Waals surface area contributed by atoms with Gasteiger partial charge in [0.25, 0.3) is 0 Å². The van der Waals surface area contributed by atoms with Crippen molar-refractivity contribution in [2.75, 3.05) is 6.54 Å². The fourth-order valence-corrected chi connectivity index (χ4v) is 3.77. The number of nitrogens with zero attached hydrogens (tertiary/aromatic N) is 1. The van der Waals surface area contributed by atoms with Crippen LogP contribution < -0.4 is 4.74 Å². The van der Waals surface area contributed by atoms with Gasteiger partial charge in [-0.3, -0.25) is 9.59 Å². The SMILES string of the molecule is CC(=O)Oc1ccc2c(c1)CC1CCCN(C(C)=O)C1C2.